The Hall–Kier alpha value is -1.10. The lowest BCUT2D eigenvalue weighted by molar-refractivity contribution is 0.0578. The van der Waals surface area contributed by atoms with E-state index in [1.54, 1.807) is 0 Å². The fraction of sp³-hybridized carbons (Fsp3) is 0.667. The minimum Gasteiger partial charge on any atom is -0.491 e. The second-order valence-electron chi connectivity index (χ2n) is 6.44. The number of aliphatic hydroxyl groups is 2. The predicted octanol–water partition coefficient (Wildman–Crippen LogP) is 2.08. The second-order valence-corrected chi connectivity index (χ2v) is 6.44. The average molecular weight is 307 g/mol. The molecule has 0 aromatic heterocycles. The van der Waals surface area contributed by atoms with E-state index in [9.17, 15) is 10.2 Å². The van der Waals surface area contributed by atoms with Crippen LogP contribution in [0.4, 0.5) is 0 Å². The molecule has 0 heterocycles. The molecule has 1 fully saturated rings. The first kappa shape index (κ1) is 17.3. The number of benzene rings is 1. The van der Waals surface area contributed by atoms with E-state index in [0.29, 0.717) is 19.1 Å². The van der Waals surface area contributed by atoms with Crippen LogP contribution in [0.1, 0.15) is 31.7 Å². The van der Waals surface area contributed by atoms with Gasteiger partial charge in [-0.05, 0) is 49.9 Å². The Balaban J connectivity index is 1.69. The van der Waals surface area contributed by atoms with Crippen molar-refractivity contribution in [3.63, 3.8) is 0 Å². The lowest BCUT2D eigenvalue weighted by Crippen LogP contribution is -2.37. The van der Waals surface area contributed by atoms with Crippen molar-refractivity contribution in [3.05, 3.63) is 29.8 Å². The summed E-state index contributed by atoms with van der Waals surface area (Å²) in [6.45, 7) is 3.82. The van der Waals surface area contributed by atoms with Gasteiger partial charge in [0, 0.05) is 13.1 Å². The number of hydrogen-bond acceptors (Lipinski definition) is 4. The Bertz CT molecular complexity index is 434. The van der Waals surface area contributed by atoms with Crippen LogP contribution in [0.25, 0.3) is 0 Å². The van der Waals surface area contributed by atoms with Crippen LogP contribution in [0.2, 0.25) is 0 Å². The van der Waals surface area contributed by atoms with Gasteiger partial charge in [0.2, 0.25) is 0 Å². The van der Waals surface area contributed by atoms with Crippen molar-refractivity contribution in [2.75, 3.05) is 26.7 Å². The van der Waals surface area contributed by atoms with Crippen LogP contribution >= 0.6 is 0 Å². The molecule has 2 rings (SSSR count). The Morgan fingerprint density at radius 2 is 2.00 bits per heavy atom. The van der Waals surface area contributed by atoms with Crippen LogP contribution in [-0.4, -0.2) is 54.1 Å². The lowest BCUT2D eigenvalue weighted by Gasteiger charge is -2.25. The maximum atomic E-state index is 10.1. The summed E-state index contributed by atoms with van der Waals surface area (Å²) in [5, 5.41) is 19.9. The summed E-state index contributed by atoms with van der Waals surface area (Å²) >= 11 is 0. The fourth-order valence-corrected chi connectivity index (χ4v) is 3.13. The number of aryl methyl sites for hydroxylation is 1. The molecular formula is C18H29NO3. The van der Waals surface area contributed by atoms with Gasteiger partial charge in [0.15, 0.2) is 0 Å². The fourth-order valence-electron chi connectivity index (χ4n) is 3.13. The maximum Gasteiger partial charge on any atom is 0.119 e. The van der Waals surface area contributed by atoms with Crippen molar-refractivity contribution < 1.29 is 14.9 Å². The van der Waals surface area contributed by atoms with Crippen molar-refractivity contribution in [3.8, 4) is 5.75 Å². The molecule has 1 saturated carbocycles. The highest BCUT2D eigenvalue weighted by molar-refractivity contribution is 5.27. The first-order chi connectivity index (χ1) is 10.6. The van der Waals surface area contributed by atoms with Crippen molar-refractivity contribution in [1.29, 1.82) is 0 Å². The zero-order valence-electron chi connectivity index (χ0n) is 13.7. The quantitative estimate of drug-likeness (QED) is 0.772. The molecule has 1 aliphatic carbocycles. The number of nitrogens with zero attached hydrogens (tertiary/aromatic N) is 1. The smallest absolute Gasteiger partial charge is 0.119 e. The molecule has 4 heteroatoms. The minimum atomic E-state index is -0.519. The van der Waals surface area contributed by atoms with E-state index in [1.165, 1.54) is 5.56 Å². The molecule has 1 aromatic rings. The molecule has 3 atom stereocenters. The van der Waals surface area contributed by atoms with Crippen molar-refractivity contribution >= 4 is 0 Å². The topological polar surface area (TPSA) is 52.9 Å². The Labute approximate surface area is 133 Å². The van der Waals surface area contributed by atoms with Gasteiger partial charge in [-0.1, -0.05) is 25.5 Å². The normalized spacial score (nSPS) is 23.0. The number of ether oxygens (including phenoxy) is 1. The van der Waals surface area contributed by atoms with E-state index in [1.807, 2.05) is 19.2 Å². The average Bonchev–Trinajstić information content (AvgIpc) is 2.90. The molecule has 3 unspecified atom stereocenters. The first-order valence-corrected chi connectivity index (χ1v) is 8.35. The number of rotatable bonds is 8. The van der Waals surface area contributed by atoms with E-state index >= 15 is 0 Å². The third kappa shape index (κ3) is 5.27. The van der Waals surface area contributed by atoms with Gasteiger partial charge in [0.25, 0.3) is 0 Å². The zero-order chi connectivity index (χ0) is 15.9. The molecule has 1 aromatic carbocycles. The third-order valence-electron chi connectivity index (χ3n) is 4.46. The Morgan fingerprint density at radius 3 is 2.59 bits per heavy atom. The van der Waals surface area contributed by atoms with Crippen molar-refractivity contribution in [2.24, 2.45) is 5.92 Å². The number of hydrogen-bond donors (Lipinski definition) is 2. The summed E-state index contributed by atoms with van der Waals surface area (Å²) in [4.78, 5) is 2.09. The standard InChI is InChI=1S/C18H29NO3/c1-3-14-7-9-17(10-8-14)22-13-16(20)12-19(2)11-15-5-4-6-18(15)21/h7-10,15-16,18,20-21H,3-6,11-13H2,1-2H3. The highest BCUT2D eigenvalue weighted by atomic mass is 16.5. The number of aliphatic hydroxyl groups excluding tert-OH is 2. The SMILES string of the molecule is CCc1ccc(OCC(O)CN(C)CC2CCCC2O)cc1. The summed E-state index contributed by atoms with van der Waals surface area (Å²) in [7, 11) is 1.99. The van der Waals surface area contributed by atoms with Crippen LogP contribution < -0.4 is 4.74 Å². The Kier molecular flexibility index (Phi) is 6.68. The van der Waals surface area contributed by atoms with Gasteiger partial charge in [-0.25, -0.2) is 0 Å². The van der Waals surface area contributed by atoms with Gasteiger partial charge < -0.3 is 19.8 Å². The van der Waals surface area contributed by atoms with Gasteiger partial charge >= 0.3 is 0 Å². The molecule has 2 N–H and O–H groups in total. The molecule has 124 valence electrons. The van der Waals surface area contributed by atoms with E-state index in [-0.39, 0.29) is 6.10 Å². The van der Waals surface area contributed by atoms with Crippen LogP contribution in [0.3, 0.4) is 0 Å². The maximum absolute atomic E-state index is 10.1. The molecular weight excluding hydrogens is 278 g/mol. The van der Waals surface area contributed by atoms with Gasteiger partial charge in [0.05, 0.1) is 6.10 Å². The molecule has 0 aliphatic heterocycles. The minimum absolute atomic E-state index is 0.173. The third-order valence-corrected chi connectivity index (χ3v) is 4.46. The highest BCUT2D eigenvalue weighted by Gasteiger charge is 2.26. The van der Waals surface area contributed by atoms with Crippen molar-refractivity contribution in [1.82, 2.24) is 4.90 Å². The van der Waals surface area contributed by atoms with E-state index in [4.69, 9.17) is 4.74 Å². The molecule has 22 heavy (non-hydrogen) atoms. The second kappa shape index (κ2) is 8.51. The highest BCUT2D eigenvalue weighted by Crippen LogP contribution is 2.26. The molecule has 0 bridgehead atoms. The summed E-state index contributed by atoms with van der Waals surface area (Å²) in [6, 6.07) is 8.00. The summed E-state index contributed by atoms with van der Waals surface area (Å²) in [5.41, 5.74) is 1.28. The van der Waals surface area contributed by atoms with E-state index < -0.39 is 6.10 Å². The molecule has 4 nitrogen and oxygen atoms in total. The molecule has 0 spiro atoms. The zero-order valence-corrected chi connectivity index (χ0v) is 13.7. The van der Waals surface area contributed by atoms with Gasteiger partial charge in [0.1, 0.15) is 18.5 Å². The lowest BCUT2D eigenvalue weighted by atomic mass is 10.1. The monoisotopic (exact) mass is 307 g/mol. The van der Waals surface area contributed by atoms with E-state index in [2.05, 4.69) is 24.0 Å². The molecule has 0 radical (unpaired) electrons. The van der Waals surface area contributed by atoms with Crippen LogP contribution in [-0.2, 0) is 6.42 Å². The molecule has 1 aliphatic rings. The van der Waals surface area contributed by atoms with Crippen LogP contribution in [0.15, 0.2) is 24.3 Å². The molecule has 0 saturated heterocycles. The largest absolute Gasteiger partial charge is 0.491 e. The van der Waals surface area contributed by atoms with Gasteiger partial charge in [-0.3, -0.25) is 0 Å². The Morgan fingerprint density at radius 1 is 1.27 bits per heavy atom. The summed E-state index contributed by atoms with van der Waals surface area (Å²) in [5.74, 6) is 1.14. The predicted molar refractivity (Wildman–Crippen MR) is 88.2 cm³/mol. The van der Waals surface area contributed by atoms with E-state index in [0.717, 1.165) is 38.0 Å². The molecule has 0 amide bonds. The number of likely N-dealkylation sites (N-methyl/N-ethyl adjacent to an activating group) is 1. The summed E-state index contributed by atoms with van der Waals surface area (Å²) < 4.78 is 5.63. The van der Waals surface area contributed by atoms with Crippen LogP contribution in [0, 0.1) is 5.92 Å². The van der Waals surface area contributed by atoms with Crippen molar-refractivity contribution in [2.45, 2.75) is 44.8 Å². The van der Waals surface area contributed by atoms with Crippen LogP contribution in [0.5, 0.6) is 5.75 Å². The van der Waals surface area contributed by atoms with Gasteiger partial charge in [-0.15, -0.1) is 0 Å². The van der Waals surface area contributed by atoms with Gasteiger partial charge in [-0.2, -0.15) is 0 Å². The summed E-state index contributed by atoms with van der Waals surface area (Å²) in [6.07, 6.45) is 3.43. The first-order valence-electron chi connectivity index (χ1n) is 8.35.